The minimum atomic E-state index is -0.222. The van der Waals surface area contributed by atoms with Crippen LogP contribution >= 0.6 is 0 Å². The Bertz CT molecular complexity index is 189. The van der Waals surface area contributed by atoms with Crippen LogP contribution in [0.4, 0.5) is 0 Å². The Morgan fingerprint density at radius 2 is 1.47 bits per heavy atom. The predicted octanol–water partition coefficient (Wildman–Crippen LogP) is 1.95. The first kappa shape index (κ1) is 14.9. The van der Waals surface area contributed by atoms with Gasteiger partial charge in [-0.25, -0.2) is 0 Å². The molecule has 1 unspecified atom stereocenters. The standard InChI is InChI=1S/C14H30N2O/c1-15(2)11-14(17)12-16(3)13-9-7-5-4-6-8-10-13/h13-14,17H,4-12H2,1-3H3. The predicted molar refractivity (Wildman–Crippen MR) is 73.3 cm³/mol. The Morgan fingerprint density at radius 3 is 2.00 bits per heavy atom. The lowest BCUT2D eigenvalue weighted by Crippen LogP contribution is -2.41. The van der Waals surface area contributed by atoms with E-state index in [1.807, 2.05) is 14.1 Å². The highest BCUT2D eigenvalue weighted by molar-refractivity contribution is 4.74. The SMILES string of the molecule is CN(C)CC(O)CN(C)C1CCCCCCC1. The van der Waals surface area contributed by atoms with E-state index in [0.29, 0.717) is 6.04 Å². The van der Waals surface area contributed by atoms with Crippen LogP contribution in [0.2, 0.25) is 0 Å². The van der Waals surface area contributed by atoms with Gasteiger partial charge in [-0.2, -0.15) is 0 Å². The van der Waals surface area contributed by atoms with Gasteiger partial charge in [-0.1, -0.05) is 32.1 Å². The molecule has 0 aromatic carbocycles. The van der Waals surface area contributed by atoms with Crippen molar-refractivity contribution in [2.45, 2.75) is 57.1 Å². The van der Waals surface area contributed by atoms with Crippen LogP contribution in [0, 0.1) is 0 Å². The molecule has 0 heterocycles. The van der Waals surface area contributed by atoms with Gasteiger partial charge in [0.05, 0.1) is 6.10 Å². The molecular formula is C14H30N2O. The van der Waals surface area contributed by atoms with E-state index in [2.05, 4.69) is 16.8 Å². The van der Waals surface area contributed by atoms with Crippen LogP contribution < -0.4 is 0 Å². The molecule has 0 spiro atoms. The number of hydrogen-bond donors (Lipinski definition) is 1. The largest absolute Gasteiger partial charge is 0.390 e. The van der Waals surface area contributed by atoms with Crippen LogP contribution in [0.3, 0.4) is 0 Å². The van der Waals surface area contributed by atoms with Gasteiger partial charge in [0.15, 0.2) is 0 Å². The van der Waals surface area contributed by atoms with Crippen molar-refractivity contribution in [2.75, 3.05) is 34.2 Å². The summed E-state index contributed by atoms with van der Waals surface area (Å²) < 4.78 is 0. The van der Waals surface area contributed by atoms with Crippen LogP contribution in [0.5, 0.6) is 0 Å². The van der Waals surface area contributed by atoms with E-state index in [1.54, 1.807) is 0 Å². The highest BCUT2D eigenvalue weighted by Crippen LogP contribution is 2.20. The van der Waals surface area contributed by atoms with E-state index >= 15 is 0 Å². The number of rotatable bonds is 5. The Hall–Kier alpha value is -0.120. The van der Waals surface area contributed by atoms with Crippen LogP contribution in [0.15, 0.2) is 0 Å². The second-order valence-corrected chi connectivity index (χ2v) is 5.85. The molecule has 1 aliphatic carbocycles. The smallest absolute Gasteiger partial charge is 0.0793 e. The lowest BCUT2D eigenvalue weighted by atomic mass is 9.95. The Balaban J connectivity index is 2.30. The first-order valence-electron chi connectivity index (χ1n) is 7.12. The van der Waals surface area contributed by atoms with Crippen LogP contribution in [0.25, 0.3) is 0 Å². The lowest BCUT2D eigenvalue weighted by Gasteiger charge is -2.31. The first-order chi connectivity index (χ1) is 8.09. The molecule has 3 nitrogen and oxygen atoms in total. The first-order valence-corrected chi connectivity index (χ1v) is 7.12. The van der Waals surface area contributed by atoms with E-state index in [4.69, 9.17) is 0 Å². The molecule has 0 aromatic heterocycles. The molecule has 0 amide bonds. The fraction of sp³-hybridized carbons (Fsp3) is 1.00. The Labute approximate surface area is 107 Å². The van der Waals surface area contributed by atoms with Crippen molar-refractivity contribution in [2.24, 2.45) is 0 Å². The van der Waals surface area contributed by atoms with Crippen molar-refractivity contribution in [3.63, 3.8) is 0 Å². The average Bonchev–Trinajstić information content (AvgIpc) is 2.14. The molecule has 0 aliphatic heterocycles. The fourth-order valence-electron chi connectivity index (χ4n) is 2.84. The second-order valence-electron chi connectivity index (χ2n) is 5.85. The summed E-state index contributed by atoms with van der Waals surface area (Å²) in [6.07, 6.45) is 9.32. The quantitative estimate of drug-likeness (QED) is 0.798. The molecule has 102 valence electrons. The van der Waals surface area contributed by atoms with Gasteiger partial charge < -0.3 is 14.9 Å². The highest BCUT2D eigenvalue weighted by Gasteiger charge is 2.18. The molecule has 1 atom stereocenters. The summed E-state index contributed by atoms with van der Waals surface area (Å²) in [5, 5.41) is 9.96. The van der Waals surface area contributed by atoms with Crippen molar-refractivity contribution >= 4 is 0 Å². The summed E-state index contributed by atoms with van der Waals surface area (Å²) in [6.45, 7) is 1.57. The summed E-state index contributed by atoms with van der Waals surface area (Å²) in [5.41, 5.74) is 0. The summed E-state index contributed by atoms with van der Waals surface area (Å²) in [4.78, 5) is 4.43. The van der Waals surface area contributed by atoms with E-state index in [0.717, 1.165) is 13.1 Å². The third-order valence-corrected chi connectivity index (χ3v) is 3.77. The number of aliphatic hydroxyl groups is 1. The molecule has 17 heavy (non-hydrogen) atoms. The molecule has 3 heteroatoms. The average molecular weight is 242 g/mol. The van der Waals surface area contributed by atoms with Gasteiger partial charge in [0.25, 0.3) is 0 Å². The molecule has 1 N–H and O–H groups in total. The van der Waals surface area contributed by atoms with Crippen molar-refractivity contribution in [3.05, 3.63) is 0 Å². The molecule has 1 fully saturated rings. The van der Waals surface area contributed by atoms with Crippen molar-refractivity contribution in [1.82, 2.24) is 9.80 Å². The minimum Gasteiger partial charge on any atom is -0.390 e. The third-order valence-electron chi connectivity index (χ3n) is 3.77. The topological polar surface area (TPSA) is 26.7 Å². The number of hydrogen-bond acceptors (Lipinski definition) is 3. The molecule has 1 rings (SSSR count). The highest BCUT2D eigenvalue weighted by atomic mass is 16.3. The van der Waals surface area contributed by atoms with E-state index in [1.165, 1.54) is 44.9 Å². The molecule has 0 bridgehead atoms. The van der Waals surface area contributed by atoms with Gasteiger partial charge in [-0.15, -0.1) is 0 Å². The molecule has 0 aromatic rings. The van der Waals surface area contributed by atoms with Crippen LogP contribution in [-0.4, -0.2) is 61.3 Å². The molecule has 1 saturated carbocycles. The summed E-state index contributed by atoms with van der Waals surface area (Å²) in [7, 11) is 6.20. The van der Waals surface area contributed by atoms with E-state index < -0.39 is 0 Å². The number of likely N-dealkylation sites (N-methyl/N-ethyl adjacent to an activating group) is 2. The number of nitrogens with zero attached hydrogens (tertiary/aromatic N) is 2. The van der Waals surface area contributed by atoms with E-state index in [9.17, 15) is 5.11 Å². The zero-order valence-corrected chi connectivity index (χ0v) is 11.9. The maximum Gasteiger partial charge on any atom is 0.0793 e. The molecular weight excluding hydrogens is 212 g/mol. The van der Waals surface area contributed by atoms with Crippen LogP contribution in [0.1, 0.15) is 44.9 Å². The van der Waals surface area contributed by atoms with Crippen LogP contribution in [-0.2, 0) is 0 Å². The van der Waals surface area contributed by atoms with E-state index in [-0.39, 0.29) is 6.10 Å². The maximum atomic E-state index is 9.96. The number of aliphatic hydroxyl groups excluding tert-OH is 1. The van der Waals surface area contributed by atoms with Crippen molar-refractivity contribution in [3.8, 4) is 0 Å². The summed E-state index contributed by atoms with van der Waals surface area (Å²) in [5.74, 6) is 0. The summed E-state index contributed by atoms with van der Waals surface area (Å²) in [6, 6.07) is 0.687. The lowest BCUT2D eigenvalue weighted by molar-refractivity contribution is 0.0756. The monoisotopic (exact) mass is 242 g/mol. The zero-order valence-electron chi connectivity index (χ0n) is 11.9. The normalized spacial score (nSPS) is 21.5. The maximum absolute atomic E-state index is 9.96. The van der Waals surface area contributed by atoms with Gasteiger partial charge in [0, 0.05) is 19.1 Å². The molecule has 1 aliphatic rings. The molecule has 0 radical (unpaired) electrons. The van der Waals surface area contributed by atoms with Crippen molar-refractivity contribution in [1.29, 1.82) is 0 Å². The fourth-order valence-corrected chi connectivity index (χ4v) is 2.84. The van der Waals surface area contributed by atoms with Gasteiger partial charge in [-0.05, 0) is 34.0 Å². The third kappa shape index (κ3) is 6.39. The second kappa shape index (κ2) is 8.06. The van der Waals surface area contributed by atoms with Gasteiger partial charge in [-0.3, -0.25) is 0 Å². The van der Waals surface area contributed by atoms with Gasteiger partial charge >= 0.3 is 0 Å². The van der Waals surface area contributed by atoms with Gasteiger partial charge in [0.1, 0.15) is 0 Å². The summed E-state index contributed by atoms with van der Waals surface area (Å²) >= 11 is 0. The Morgan fingerprint density at radius 1 is 0.941 bits per heavy atom. The van der Waals surface area contributed by atoms with Gasteiger partial charge in [0.2, 0.25) is 0 Å². The minimum absolute atomic E-state index is 0.222. The van der Waals surface area contributed by atoms with Crippen molar-refractivity contribution < 1.29 is 5.11 Å². The Kier molecular flexibility index (Phi) is 7.09. The molecule has 0 saturated heterocycles. The zero-order chi connectivity index (χ0) is 12.7.